The minimum atomic E-state index is -0.269. The Balaban J connectivity index is 1.46. The predicted molar refractivity (Wildman–Crippen MR) is 108 cm³/mol. The van der Waals surface area contributed by atoms with Crippen LogP contribution in [0.4, 0.5) is 11.4 Å². The van der Waals surface area contributed by atoms with Crippen molar-refractivity contribution in [2.45, 2.75) is 38.1 Å². The Morgan fingerprint density at radius 3 is 2.67 bits per heavy atom. The number of halogens is 1. The maximum atomic E-state index is 12.9. The van der Waals surface area contributed by atoms with E-state index in [4.69, 9.17) is 4.74 Å². The first-order valence-corrected chi connectivity index (χ1v) is 10.6. The molecule has 1 aliphatic carbocycles. The molecular formula is C20H26BrN3O3. The monoisotopic (exact) mass is 435 g/mol. The van der Waals surface area contributed by atoms with Gasteiger partial charge in [-0.3, -0.25) is 9.59 Å². The van der Waals surface area contributed by atoms with Crippen LogP contribution in [-0.4, -0.2) is 55.6 Å². The second-order valence-electron chi connectivity index (χ2n) is 7.64. The van der Waals surface area contributed by atoms with Crippen molar-refractivity contribution in [1.29, 1.82) is 0 Å². The second kappa shape index (κ2) is 8.19. The lowest BCUT2D eigenvalue weighted by molar-refractivity contribution is -0.129. The van der Waals surface area contributed by atoms with Crippen molar-refractivity contribution in [3.8, 4) is 0 Å². The standard InChI is InChI=1S/C20H26BrN3O3/c21-15-5-6-18(23-7-9-27-10-8-23)17(12-15)22-20(26)14-11-19(25)24(13-14)16-3-1-2-4-16/h5-6,12,14,16H,1-4,7-11,13H2,(H,22,26). The van der Waals surface area contributed by atoms with Crippen LogP contribution in [0.2, 0.25) is 0 Å². The van der Waals surface area contributed by atoms with Crippen LogP contribution >= 0.6 is 15.9 Å². The Morgan fingerprint density at radius 2 is 1.93 bits per heavy atom. The highest BCUT2D eigenvalue weighted by atomic mass is 79.9. The number of carbonyl (C=O) groups excluding carboxylic acids is 2. The Labute approximate surface area is 168 Å². The van der Waals surface area contributed by atoms with Crippen LogP contribution in [0, 0.1) is 5.92 Å². The average molecular weight is 436 g/mol. The van der Waals surface area contributed by atoms with Gasteiger partial charge >= 0.3 is 0 Å². The van der Waals surface area contributed by atoms with Gasteiger partial charge < -0.3 is 19.9 Å². The number of rotatable bonds is 4. The van der Waals surface area contributed by atoms with Crippen molar-refractivity contribution in [2.24, 2.45) is 5.92 Å². The molecule has 6 nitrogen and oxygen atoms in total. The fraction of sp³-hybridized carbons (Fsp3) is 0.600. The normalized spacial score (nSPS) is 23.9. The lowest BCUT2D eigenvalue weighted by atomic mass is 10.1. The molecule has 27 heavy (non-hydrogen) atoms. The Hall–Kier alpha value is -1.60. The van der Waals surface area contributed by atoms with Crippen LogP contribution in [0.3, 0.4) is 0 Å². The summed E-state index contributed by atoms with van der Waals surface area (Å²) in [7, 11) is 0. The van der Waals surface area contributed by atoms with Crippen molar-refractivity contribution in [3.63, 3.8) is 0 Å². The predicted octanol–water partition coefficient (Wildman–Crippen LogP) is 3.02. The van der Waals surface area contributed by atoms with Gasteiger partial charge in [-0.1, -0.05) is 28.8 Å². The van der Waals surface area contributed by atoms with Gasteiger partial charge in [0.05, 0.1) is 30.5 Å². The molecule has 146 valence electrons. The van der Waals surface area contributed by atoms with Crippen molar-refractivity contribution >= 4 is 39.1 Å². The van der Waals surface area contributed by atoms with Crippen LogP contribution < -0.4 is 10.2 Å². The lowest BCUT2D eigenvalue weighted by Gasteiger charge is -2.31. The molecular weight excluding hydrogens is 410 g/mol. The summed E-state index contributed by atoms with van der Waals surface area (Å²) in [6.07, 6.45) is 4.85. The zero-order valence-electron chi connectivity index (χ0n) is 15.5. The van der Waals surface area contributed by atoms with Gasteiger partial charge in [-0.25, -0.2) is 0 Å². The number of morpholine rings is 1. The zero-order valence-corrected chi connectivity index (χ0v) is 17.0. The SMILES string of the molecule is O=C(Nc1cc(Br)ccc1N1CCOCC1)C1CC(=O)N(C2CCCC2)C1. The molecule has 2 saturated heterocycles. The Bertz CT molecular complexity index is 714. The van der Waals surface area contributed by atoms with Gasteiger partial charge in [-0.2, -0.15) is 0 Å². The van der Waals surface area contributed by atoms with Gasteiger partial charge in [0.2, 0.25) is 11.8 Å². The third-order valence-electron chi connectivity index (χ3n) is 5.86. The topological polar surface area (TPSA) is 61.9 Å². The van der Waals surface area contributed by atoms with Crippen LogP contribution in [0.1, 0.15) is 32.1 Å². The average Bonchev–Trinajstić information content (AvgIpc) is 3.32. The summed E-state index contributed by atoms with van der Waals surface area (Å²) in [6.45, 7) is 3.55. The van der Waals surface area contributed by atoms with E-state index >= 15 is 0 Å². The highest BCUT2D eigenvalue weighted by molar-refractivity contribution is 9.10. The molecule has 1 unspecified atom stereocenters. The van der Waals surface area contributed by atoms with Crippen LogP contribution in [0.5, 0.6) is 0 Å². The lowest BCUT2D eigenvalue weighted by Crippen LogP contribution is -2.37. The maximum absolute atomic E-state index is 12.9. The molecule has 0 spiro atoms. The highest BCUT2D eigenvalue weighted by Gasteiger charge is 2.38. The highest BCUT2D eigenvalue weighted by Crippen LogP contribution is 2.33. The molecule has 1 saturated carbocycles. The molecule has 1 aromatic carbocycles. The summed E-state index contributed by atoms with van der Waals surface area (Å²) in [5.41, 5.74) is 1.80. The number of nitrogens with one attached hydrogen (secondary N) is 1. The smallest absolute Gasteiger partial charge is 0.229 e. The van der Waals surface area contributed by atoms with Crippen LogP contribution in [-0.2, 0) is 14.3 Å². The van der Waals surface area contributed by atoms with E-state index in [0.717, 1.165) is 41.8 Å². The third-order valence-corrected chi connectivity index (χ3v) is 6.36. The van der Waals surface area contributed by atoms with E-state index in [1.165, 1.54) is 12.8 Å². The molecule has 1 N–H and O–H groups in total. The Morgan fingerprint density at radius 1 is 1.19 bits per heavy atom. The molecule has 2 heterocycles. The van der Waals surface area contributed by atoms with E-state index in [-0.39, 0.29) is 17.7 Å². The van der Waals surface area contributed by atoms with E-state index in [9.17, 15) is 9.59 Å². The Kier molecular flexibility index (Phi) is 5.68. The summed E-state index contributed by atoms with van der Waals surface area (Å²) in [5, 5.41) is 3.09. The molecule has 1 aromatic rings. The molecule has 0 aromatic heterocycles. The molecule has 7 heteroatoms. The summed E-state index contributed by atoms with van der Waals surface area (Å²) in [5.74, 6) is -0.198. The molecule has 0 bridgehead atoms. The number of amides is 2. The largest absolute Gasteiger partial charge is 0.378 e. The third kappa shape index (κ3) is 4.14. The van der Waals surface area contributed by atoms with Gasteiger partial charge in [-0.05, 0) is 31.0 Å². The number of anilines is 2. The first-order valence-electron chi connectivity index (χ1n) is 9.84. The second-order valence-corrected chi connectivity index (χ2v) is 8.55. The summed E-state index contributed by atoms with van der Waals surface area (Å²) in [4.78, 5) is 29.5. The molecule has 2 aliphatic heterocycles. The van der Waals surface area contributed by atoms with Gasteiger partial charge in [-0.15, -0.1) is 0 Å². The van der Waals surface area contributed by atoms with Crippen LogP contribution in [0.25, 0.3) is 0 Å². The van der Waals surface area contributed by atoms with E-state index in [0.29, 0.717) is 32.2 Å². The fourth-order valence-corrected chi connectivity index (χ4v) is 4.76. The number of hydrogen-bond acceptors (Lipinski definition) is 4. The van der Waals surface area contributed by atoms with Gasteiger partial charge in [0, 0.05) is 36.6 Å². The summed E-state index contributed by atoms with van der Waals surface area (Å²) >= 11 is 3.50. The van der Waals surface area contributed by atoms with E-state index in [1.54, 1.807) is 0 Å². The van der Waals surface area contributed by atoms with Gasteiger partial charge in [0.25, 0.3) is 0 Å². The maximum Gasteiger partial charge on any atom is 0.229 e. The number of nitrogens with zero attached hydrogens (tertiary/aromatic N) is 2. The minimum Gasteiger partial charge on any atom is -0.378 e. The van der Waals surface area contributed by atoms with Gasteiger partial charge in [0.1, 0.15) is 0 Å². The molecule has 3 fully saturated rings. The molecule has 3 aliphatic rings. The summed E-state index contributed by atoms with van der Waals surface area (Å²) in [6, 6.07) is 6.29. The number of carbonyl (C=O) groups is 2. The zero-order chi connectivity index (χ0) is 18.8. The first-order chi connectivity index (χ1) is 13.1. The van der Waals surface area contributed by atoms with Crippen LogP contribution in [0.15, 0.2) is 22.7 Å². The fourth-order valence-electron chi connectivity index (χ4n) is 4.40. The van der Waals surface area contributed by atoms with Gasteiger partial charge in [0.15, 0.2) is 0 Å². The molecule has 0 radical (unpaired) electrons. The molecule has 4 rings (SSSR count). The summed E-state index contributed by atoms with van der Waals surface area (Å²) < 4.78 is 6.36. The molecule has 2 amide bonds. The van der Waals surface area contributed by atoms with Crippen molar-refractivity contribution in [2.75, 3.05) is 43.1 Å². The number of benzene rings is 1. The van der Waals surface area contributed by atoms with Crippen molar-refractivity contribution < 1.29 is 14.3 Å². The number of hydrogen-bond donors (Lipinski definition) is 1. The first kappa shape index (κ1) is 18.7. The number of ether oxygens (including phenoxy) is 1. The van der Waals surface area contributed by atoms with E-state index in [2.05, 4.69) is 26.1 Å². The van der Waals surface area contributed by atoms with E-state index in [1.807, 2.05) is 23.1 Å². The number of likely N-dealkylation sites (tertiary alicyclic amines) is 1. The quantitative estimate of drug-likeness (QED) is 0.789. The van der Waals surface area contributed by atoms with Crippen molar-refractivity contribution in [3.05, 3.63) is 22.7 Å². The van der Waals surface area contributed by atoms with E-state index < -0.39 is 0 Å². The van der Waals surface area contributed by atoms with Crippen molar-refractivity contribution in [1.82, 2.24) is 4.90 Å². The molecule has 1 atom stereocenters. The minimum absolute atomic E-state index is 0.0588.